The van der Waals surface area contributed by atoms with Crippen LogP contribution in [0.15, 0.2) is 6.20 Å². The summed E-state index contributed by atoms with van der Waals surface area (Å²) >= 11 is 6.11. The molecular weight excluding hydrogens is 280 g/mol. The molecule has 0 N–H and O–H groups in total. The van der Waals surface area contributed by atoms with Gasteiger partial charge < -0.3 is 9.47 Å². The van der Waals surface area contributed by atoms with Crippen molar-refractivity contribution in [3.05, 3.63) is 16.9 Å². The van der Waals surface area contributed by atoms with Crippen molar-refractivity contribution in [1.29, 1.82) is 0 Å². The molecule has 1 aromatic rings. The van der Waals surface area contributed by atoms with Gasteiger partial charge in [0, 0.05) is 13.7 Å². The van der Waals surface area contributed by atoms with Crippen LogP contribution in [0, 0.1) is 5.41 Å². The molecule has 0 saturated heterocycles. The maximum Gasteiger partial charge on any atom is 0.211 e. The number of ether oxygens (including phenoxy) is 2. The van der Waals surface area contributed by atoms with Crippen molar-refractivity contribution in [1.82, 2.24) is 9.78 Å². The largest absolute Gasteiger partial charge is 0.383 e. The Morgan fingerprint density at radius 1 is 1.50 bits per heavy atom. The molecule has 0 aliphatic heterocycles. The summed E-state index contributed by atoms with van der Waals surface area (Å²) in [6.07, 6.45) is 0.929. The highest BCUT2D eigenvalue weighted by molar-refractivity contribution is 6.33. The third-order valence-corrected chi connectivity index (χ3v) is 3.17. The zero-order chi connectivity index (χ0) is 15.3. The first-order valence-electron chi connectivity index (χ1n) is 6.69. The minimum absolute atomic E-state index is 0.141. The Morgan fingerprint density at radius 3 is 2.65 bits per heavy atom. The van der Waals surface area contributed by atoms with E-state index in [9.17, 15) is 4.79 Å². The fourth-order valence-electron chi connectivity index (χ4n) is 1.96. The van der Waals surface area contributed by atoms with Gasteiger partial charge in [-0.15, -0.1) is 0 Å². The van der Waals surface area contributed by atoms with E-state index in [1.54, 1.807) is 11.8 Å². The predicted molar refractivity (Wildman–Crippen MR) is 78.3 cm³/mol. The van der Waals surface area contributed by atoms with E-state index in [1.165, 1.54) is 6.20 Å². The zero-order valence-electron chi connectivity index (χ0n) is 12.8. The number of ketones is 1. The number of Topliss-reactive ketones (excluding diaryl/α,β-unsaturated/α-hetero) is 1. The molecule has 6 heteroatoms. The van der Waals surface area contributed by atoms with Gasteiger partial charge in [0.1, 0.15) is 11.8 Å². The maximum atomic E-state index is 12.7. The molecule has 5 nitrogen and oxygen atoms in total. The van der Waals surface area contributed by atoms with Crippen molar-refractivity contribution in [2.75, 3.05) is 20.3 Å². The third-order valence-electron chi connectivity index (χ3n) is 2.89. The molecular formula is C14H23ClN2O3. The molecule has 0 fully saturated rings. The number of carbonyl (C=O) groups excluding carboxylic acids is 1. The highest BCUT2D eigenvalue weighted by Crippen LogP contribution is 2.28. The molecule has 0 spiro atoms. The molecule has 20 heavy (non-hydrogen) atoms. The van der Waals surface area contributed by atoms with E-state index in [2.05, 4.69) is 5.10 Å². The first-order valence-corrected chi connectivity index (χ1v) is 7.06. The van der Waals surface area contributed by atoms with Crippen molar-refractivity contribution >= 4 is 17.4 Å². The summed E-state index contributed by atoms with van der Waals surface area (Å²) in [7, 11) is 1.60. The van der Waals surface area contributed by atoms with E-state index in [-0.39, 0.29) is 11.2 Å². The van der Waals surface area contributed by atoms with E-state index in [1.807, 2.05) is 27.7 Å². The summed E-state index contributed by atoms with van der Waals surface area (Å²) in [6, 6.07) is 0. The second-order valence-corrected chi connectivity index (χ2v) is 6.03. The Bertz CT molecular complexity index is 452. The predicted octanol–water partition coefficient (Wildman–Crippen LogP) is 2.82. The van der Waals surface area contributed by atoms with Gasteiger partial charge in [0.25, 0.3) is 0 Å². The second-order valence-electron chi connectivity index (χ2n) is 5.62. The summed E-state index contributed by atoms with van der Waals surface area (Å²) in [5, 5.41) is 4.47. The maximum absolute atomic E-state index is 12.7. The Morgan fingerprint density at radius 2 is 2.15 bits per heavy atom. The molecule has 0 aliphatic carbocycles. The molecule has 0 radical (unpaired) electrons. The minimum Gasteiger partial charge on any atom is -0.383 e. The molecule has 0 aromatic carbocycles. The number of hydrogen-bond donors (Lipinski definition) is 0. The van der Waals surface area contributed by atoms with E-state index >= 15 is 0 Å². The van der Waals surface area contributed by atoms with Crippen LogP contribution in [-0.4, -0.2) is 42.0 Å². The molecule has 1 rings (SSSR count). The molecule has 1 aromatic heterocycles. The van der Waals surface area contributed by atoms with Gasteiger partial charge in [0.15, 0.2) is 0 Å². The van der Waals surface area contributed by atoms with Gasteiger partial charge in [-0.1, -0.05) is 32.4 Å². The van der Waals surface area contributed by atoms with E-state index in [4.69, 9.17) is 21.1 Å². The van der Waals surface area contributed by atoms with Gasteiger partial charge in [-0.3, -0.25) is 9.48 Å². The summed E-state index contributed by atoms with van der Waals surface area (Å²) in [4.78, 5) is 12.7. The first-order chi connectivity index (χ1) is 9.32. The SMILES string of the molecule is CCOC(C(=O)c1c(Cl)cnn1CCOC)C(C)(C)C. The number of aromatic nitrogens is 2. The van der Waals surface area contributed by atoms with Gasteiger partial charge >= 0.3 is 0 Å². The lowest BCUT2D eigenvalue weighted by Gasteiger charge is -2.29. The zero-order valence-corrected chi connectivity index (χ0v) is 13.5. The molecule has 0 saturated carbocycles. The van der Waals surface area contributed by atoms with Gasteiger partial charge in [-0.05, 0) is 12.3 Å². The fourth-order valence-corrected chi connectivity index (χ4v) is 2.20. The molecule has 1 heterocycles. The van der Waals surface area contributed by atoms with Crippen LogP contribution in [0.4, 0.5) is 0 Å². The number of methoxy groups -OCH3 is 1. The van der Waals surface area contributed by atoms with Gasteiger partial charge in [0.05, 0.1) is 24.4 Å². The second kappa shape index (κ2) is 7.20. The third kappa shape index (κ3) is 4.04. The number of rotatable bonds is 7. The van der Waals surface area contributed by atoms with Crippen molar-refractivity contribution in [3.63, 3.8) is 0 Å². The lowest BCUT2D eigenvalue weighted by atomic mass is 9.85. The topological polar surface area (TPSA) is 53.3 Å². The van der Waals surface area contributed by atoms with Crippen LogP contribution >= 0.6 is 11.6 Å². The highest BCUT2D eigenvalue weighted by atomic mass is 35.5. The van der Waals surface area contributed by atoms with Crippen molar-refractivity contribution in [3.8, 4) is 0 Å². The normalized spacial score (nSPS) is 13.5. The Hall–Kier alpha value is -0.910. The Labute approximate surface area is 125 Å². The molecule has 1 atom stereocenters. The van der Waals surface area contributed by atoms with Crippen LogP contribution < -0.4 is 0 Å². The van der Waals surface area contributed by atoms with Crippen LogP contribution in [0.1, 0.15) is 38.2 Å². The molecule has 114 valence electrons. The summed E-state index contributed by atoms with van der Waals surface area (Å²) in [5.41, 5.74) is 0.0735. The molecule has 0 bridgehead atoms. The van der Waals surface area contributed by atoms with Crippen LogP contribution in [0.5, 0.6) is 0 Å². The van der Waals surface area contributed by atoms with Crippen molar-refractivity contribution < 1.29 is 14.3 Å². The van der Waals surface area contributed by atoms with Crippen LogP contribution in [-0.2, 0) is 16.0 Å². The average Bonchev–Trinajstić information content (AvgIpc) is 2.72. The average molecular weight is 303 g/mol. The highest BCUT2D eigenvalue weighted by Gasteiger charge is 2.35. The minimum atomic E-state index is -0.553. The van der Waals surface area contributed by atoms with E-state index in [0.717, 1.165) is 0 Å². The monoisotopic (exact) mass is 302 g/mol. The van der Waals surface area contributed by atoms with E-state index in [0.29, 0.717) is 30.5 Å². The molecule has 0 aliphatic rings. The van der Waals surface area contributed by atoms with E-state index < -0.39 is 6.10 Å². The first kappa shape index (κ1) is 17.1. The Balaban J connectivity index is 3.08. The van der Waals surface area contributed by atoms with Gasteiger partial charge in [-0.2, -0.15) is 5.10 Å². The van der Waals surface area contributed by atoms with Gasteiger partial charge in [0.2, 0.25) is 5.78 Å². The number of halogens is 1. The van der Waals surface area contributed by atoms with Gasteiger partial charge in [-0.25, -0.2) is 0 Å². The number of nitrogens with zero attached hydrogens (tertiary/aromatic N) is 2. The lowest BCUT2D eigenvalue weighted by molar-refractivity contribution is -0.00100. The van der Waals surface area contributed by atoms with Crippen LogP contribution in [0.3, 0.4) is 0 Å². The Kier molecular flexibility index (Phi) is 6.17. The van der Waals surface area contributed by atoms with Crippen molar-refractivity contribution in [2.45, 2.75) is 40.3 Å². The number of hydrogen-bond acceptors (Lipinski definition) is 4. The van der Waals surface area contributed by atoms with Crippen molar-refractivity contribution in [2.24, 2.45) is 5.41 Å². The molecule has 0 amide bonds. The van der Waals surface area contributed by atoms with Crippen LogP contribution in [0.2, 0.25) is 5.02 Å². The molecule has 1 unspecified atom stereocenters. The smallest absolute Gasteiger partial charge is 0.211 e. The quantitative estimate of drug-likeness (QED) is 0.727. The summed E-state index contributed by atoms with van der Waals surface area (Å²) < 4.78 is 12.2. The summed E-state index contributed by atoms with van der Waals surface area (Å²) in [5.74, 6) is -0.141. The lowest BCUT2D eigenvalue weighted by Crippen LogP contribution is -2.38. The fraction of sp³-hybridized carbons (Fsp3) is 0.714. The number of carbonyl (C=O) groups is 1. The standard InChI is InChI=1S/C14H23ClN2O3/c1-6-20-13(14(2,3)4)12(18)11-10(15)9-16-17(11)7-8-19-5/h9,13H,6-8H2,1-5H3. The van der Waals surface area contributed by atoms with Crippen LogP contribution in [0.25, 0.3) is 0 Å². The summed E-state index contributed by atoms with van der Waals surface area (Å²) in [6.45, 7) is 9.19.